The minimum Gasteiger partial charge on any atom is -0.546 e. The molecule has 0 atom stereocenters. The number of amides is 1. The van der Waals surface area contributed by atoms with E-state index in [1.807, 2.05) is 6.92 Å². The molecule has 0 unspecified atom stereocenters. The summed E-state index contributed by atoms with van der Waals surface area (Å²) in [5, 5.41) is 12.9. The molecule has 1 N–H and O–H groups in total. The van der Waals surface area contributed by atoms with Crippen molar-refractivity contribution in [2.45, 2.75) is 19.8 Å². The SMILES string of the molecule is CCCC(=O)Nc1ccc(OCC(=O)[O-])cc1. The zero-order chi connectivity index (χ0) is 12.7. The van der Waals surface area contributed by atoms with E-state index in [0.717, 1.165) is 6.42 Å². The number of benzene rings is 1. The maximum absolute atomic E-state index is 11.3. The van der Waals surface area contributed by atoms with Crippen LogP contribution in [0.3, 0.4) is 0 Å². The van der Waals surface area contributed by atoms with Crippen LogP contribution in [0.1, 0.15) is 19.8 Å². The monoisotopic (exact) mass is 236 g/mol. The van der Waals surface area contributed by atoms with Crippen LogP contribution in [0.2, 0.25) is 0 Å². The van der Waals surface area contributed by atoms with Gasteiger partial charge in [0.15, 0.2) is 0 Å². The van der Waals surface area contributed by atoms with Gasteiger partial charge in [0.05, 0.1) is 5.97 Å². The molecule has 0 heterocycles. The Morgan fingerprint density at radius 2 is 1.94 bits per heavy atom. The Morgan fingerprint density at radius 1 is 1.29 bits per heavy atom. The number of carbonyl (C=O) groups excluding carboxylic acids is 2. The highest BCUT2D eigenvalue weighted by atomic mass is 16.5. The van der Waals surface area contributed by atoms with Gasteiger partial charge in [-0.15, -0.1) is 0 Å². The van der Waals surface area contributed by atoms with Crippen molar-refractivity contribution in [3.8, 4) is 5.75 Å². The molecule has 0 fully saturated rings. The van der Waals surface area contributed by atoms with Crippen LogP contribution in [-0.4, -0.2) is 18.5 Å². The van der Waals surface area contributed by atoms with Crippen molar-refractivity contribution in [3.05, 3.63) is 24.3 Å². The van der Waals surface area contributed by atoms with Gasteiger partial charge in [-0.1, -0.05) is 6.92 Å². The van der Waals surface area contributed by atoms with Crippen molar-refractivity contribution in [1.29, 1.82) is 0 Å². The molecule has 92 valence electrons. The highest BCUT2D eigenvalue weighted by Gasteiger charge is 2.00. The van der Waals surface area contributed by atoms with Crippen molar-refractivity contribution < 1.29 is 19.4 Å². The van der Waals surface area contributed by atoms with Gasteiger partial charge in [0.2, 0.25) is 5.91 Å². The minimum absolute atomic E-state index is 0.0455. The van der Waals surface area contributed by atoms with Crippen LogP contribution in [0.4, 0.5) is 5.69 Å². The molecular weight excluding hydrogens is 222 g/mol. The smallest absolute Gasteiger partial charge is 0.224 e. The fraction of sp³-hybridized carbons (Fsp3) is 0.333. The number of aliphatic carboxylic acids is 1. The molecule has 0 saturated heterocycles. The summed E-state index contributed by atoms with van der Waals surface area (Å²) >= 11 is 0. The van der Waals surface area contributed by atoms with Gasteiger partial charge in [-0.25, -0.2) is 0 Å². The van der Waals surface area contributed by atoms with Crippen molar-refractivity contribution in [2.24, 2.45) is 0 Å². The number of rotatable bonds is 6. The van der Waals surface area contributed by atoms with Crippen LogP contribution in [0.5, 0.6) is 5.75 Å². The molecule has 0 spiro atoms. The molecule has 1 aromatic rings. The Morgan fingerprint density at radius 3 is 2.47 bits per heavy atom. The fourth-order valence-corrected chi connectivity index (χ4v) is 1.23. The molecule has 0 radical (unpaired) electrons. The van der Waals surface area contributed by atoms with E-state index in [4.69, 9.17) is 4.74 Å². The number of hydrogen-bond acceptors (Lipinski definition) is 4. The van der Waals surface area contributed by atoms with E-state index in [-0.39, 0.29) is 5.91 Å². The van der Waals surface area contributed by atoms with Gasteiger partial charge < -0.3 is 20.0 Å². The van der Waals surface area contributed by atoms with Gasteiger partial charge in [0.25, 0.3) is 0 Å². The van der Waals surface area contributed by atoms with Crippen LogP contribution < -0.4 is 15.2 Å². The molecule has 1 rings (SSSR count). The number of nitrogens with one attached hydrogen (secondary N) is 1. The standard InChI is InChI=1S/C12H15NO4/c1-2-3-11(14)13-9-4-6-10(7-5-9)17-8-12(15)16/h4-7H,2-3,8H2,1H3,(H,13,14)(H,15,16)/p-1. The second-order valence-electron chi connectivity index (χ2n) is 3.48. The third kappa shape index (κ3) is 5.01. The Balaban J connectivity index is 2.49. The third-order valence-corrected chi connectivity index (χ3v) is 1.97. The number of ether oxygens (including phenoxy) is 1. The molecule has 0 saturated carbocycles. The Kier molecular flexibility index (Phi) is 5.00. The third-order valence-electron chi connectivity index (χ3n) is 1.97. The summed E-state index contributed by atoms with van der Waals surface area (Å²) in [6, 6.07) is 6.48. The van der Waals surface area contributed by atoms with Gasteiger partial charge in [-0.3, -0.25) is 4.79 Å². The molecule has 5 nitrogen and oxygen atoms in total. The van der Waals surface area contributed by atoms with E-state index in [0.29, 0.717) is 17.9 Å². The second kappa shape index (κ2) is 6.52. The molecule has 17 heavy (non-hydrogen) atoms. The largest absolute Gasteiger partial charge is 0.546 e. The Bertz CT molecular complexity index is 386. The lowest BCUT2D eigenvalue weighted by atomic mass is 10.2. The molecule has 5 heteroatoms. The molecule has 1 aromatic carbocycles. The molecular formula is C12H14NO4-. The normalized spacial score (nSPS) is 9.71. The van der Waals surface area contributed by atoms with Crippen molar-refractivity contribution in [1.82, 2.24) is 0 Å². The molecule has 1 amide bonds. The van der Waals surface area contributed by atoms with E-state index in [1.54, 1.807) is 24.3 Å². The summed E-state index contributed by atoms with van der Waals surface area (Å²) in [7, 11) is 0. The van der Waals surface area contributed by atoms with E-state index in [9.17, 15) is 14.7 Å². The molecule has 0 aliphatic heterocycles. The molecule has 0 aromatic heterocycles. The second-order valence-corrected chi connectivity index (χ2v) is 3.48. The Labute approximate surface area is 99.4 Å². The van der Waals surface area contributed by atoms with Crippen LogP contribution in [-0.2, 0) is 9.59 Å². The lowest BCUT2D eigenvalue weighted by Crippen LogP contribution is -2.28. The summed E-state index contributed by atoms with van der Waals surface area (Å²) in [6.45, 7) is 1.44. The molecule has 0 aliphatic carbocycles. The number of carboxylic acid groups (broad SMARTS) is 1. The van der Waals surface area contributed by atoms with Crippen LogP contribution in [0.25, 0.3) is 0 Å². The average molecular weight is 236 g/mol. The van der Waals surface area contributed by atoms with Gasteiger partial charge in [0.1, 0.15) is 12.4 Å². The maximum Gasteiger partial charge on any atom is 0.224 e. The first-order valence-electron chi connectivity index (χ1n) is 5.34. The van der Waals surface area contributed by atoms with Crippen LogP contribution in [0.15, 0.2) is 24.3 Å². The summed E-state index contributed by atoms with van der Waals surface area (Å²) < 4.78 is 4.90. The summed E-state index contributed by atoms with van der Waals surface area (Å²) in [4.78, 5) is 21.4. The van der Waals surface area contributed by atoms with Gasteiger partial charge >= 0.3 is 0 Å². The van der Waals surface area contributed by atoms with Crippen LogP contribution >= 0.6 is 0 Å². The first-order chi connectivity index (χ1) is 8.11. The lowest BCUT2D eigenvalue weighted by Gasteiger charge is -2.08. The van der Waals surface area contributed by atoms with Crippen molar-refractivity contribution >= 4 is 17.6 Å². The highest BCUT2D eigenvalue weighted by Crippen LogP contribution is 2.15. The quantitative estimate of drug-likeness (QED) is 0.782. The van der Waals surface area contributed by atoms with Gasteiger partial charge in [-0.2, -0.15) is 0 Å². The van der Waals surface area contributed by atoms with Gasteiger partial charge in [0, 0.05) is 12.1 Å². The summed E-state index contributed by atoms with van der Waals surface area (Å²) in [6.07, 6.45) is 1.27. The van der Waals surface area contributed by atoms with E-state index < -0.39 is 12.6 Å². The van der Waals surface area contributed by atoms with E-state index in [1.165, 1.54) is 0 Å². The maximum atomic E-state index is 11.3. The zero-order valence-corrected chi connectivity index (χ0v) is 9.56. The molecule has 0 bridgehead atoms. The van der Waals surface area contributed by atoms with Crippen molar-refractivity contribution in [3.63, 3.8) is 0 Å². The predicted molar refractivity (Wildman–Crippen MR) is 60.5 cm³/mol. The number of carboxylic acids is 1. The number of carbonyl (C=O) groups is 2. The summed E-state index contributed by atoms with van der Waals surface area (Å²) in [5.41, 5.74) is 0.657. The first-order valence-corrected chi connectivity index (χ1v) is 5.34. The van der Waals surface area contributed by atoms with E-state index in [2.05, 4.69) is 5.32 Å². The fourth-order valence-electron chi connectivity index (χ4n) is 1.23. The first kappa shape index (κ1) is 13.0. The predicted octanol–water partition coefficient (Wildman–Crippen LogP) is 0.554. The van der Waals surface area contributed by atoms with Gasteiger partial charge in [-0.05, 0) is 30.7 Å². The number of hydrogen-bond donors (Lipinski definition) is 1. The Hall–Kier alpha value is -2.04. The highest BCUT2D eigenvalue weighted by molar-refractivity contribution is 5.90. The number of anilines is 1. The zero-order valence-electron chi connectivity index (χ0n) is 9.56. The topological polar surface area (TPSA) is 78.5 Å². The van der Waals surface area contributed by atoms with E-state index >= 15 is 0 Å². The summed E-state index contributed by atoms with van der Waals surface area (Å²) in [5.74, 6) is -0.899. The molecule has 0 aliphatic rings. The van der Waals surface area contributed by atoms with Crippen LogP contribution in [0, 0.1) is 0 Å². The minimum atomic E-state index is -1.27. The lowest BCUT2D eigenvalue weighted by molar-refractivity contribution is -0.307. The average Bonchev–Trinajstić information content (AvgIpc) is 2.28. The van der Waals surface area contributed by atoms with Crippen molar-refractivity contribution in [2.75, 3.05) is 11.9 Å².